The Kier molecular flexibility index (Phi) is 4.08. The van der Waals surface area contributed by atoms with Crippen molar-refractivity contribution in [3.8, 4) is 0 Å². The highest BCUT2D eigenvalue weighted by molar-refractivity contribution is 5.92. The zero-order valence-electron chi connectivity index (χ0n) is 12.6. The second-order valence-corrected chi connectivity index (χ2v) is 5.51. The molecular weight excluding hydrogens is 280 g/mol. The first kappa shape index (κ1) is 15.9. The third-order valence-corrected chi connectivity index (χ3v) is 4.57. The molecule has 0 heterocycles. The fraction of sp³-hybridized carbons (Fsp3) is 0.733. The van der Waals surface area contributed by atoms with Crippen molar-refractivity contribution >= 4 is 11.9 Å². The number of ketones is 1. The van der Waals surface area contributed by atoms with E-state index in [0.717, 1.165) is 0 Å². The molecule has 3 atom stereocenters. The summed E-state index contributed by atoms with van der Waals surface area (Å²) in [7, 11) is 0. The topological polar surface area (TPSA) is 46.6 Å². The number of carbonyl (C=O) groups is 2. The van der Waals surface area contributed by atoms with E-state index < -0.39 is 35.2 Å². The Bertz CT molecular complexity index is 474. The summed E-state index contributed by atoms with van der Waals surface area (Å²) >= 11 is 0. The summed E-state index contributed by atoms with van der Waals surface area (Å²) in [6.45, 7) is 5.68. The van der Waals surface area contributed by atoms with Crippen LogP contribution in [0.25, 0.3) is 0 Å². The van der Waals surface area contributed by atoms with Gasteiger partial charge in [-0.1, -0.05) is 19.1 Å². The first-order valence-corrected chi connectivity index (χ1v) is 7.42. The molecule has 0 unspecified atom stereocenters. The number of alkyl halides is 2. The molecule has 2 rings (SSSR count). The number of Topliss-reactive ketones (excluding diaryl/α,β-unsaturated/α-hetero) is 1. The van der Waals surface area contributed by atoms with Gasteiger partial charge in [0.15, 0.2) is 5.78 Å². The van der Waals surface area contributed by atoms with E-state index in [1.165, 1.54) is 17.9 Å². The van der Waals surface area contributed by atoms with Crippen LogP contribution in [-0.2, 0) is 9.53 Å². The van der Waals surface area contributed by atoms with E-state index in [0.29, 0.717) is 13.1 Å². The molecule has 0 spiro atoms. The van der Waals surface area contributed by atoms with Crippen LogP contribution >= 0.6 is 0 Å². The smallest absolute Gasteiger partial charge is 0.410 e. The Morgan fingerprint density at radius 1 is 1.19 bits per heavy atom. The number of allylic oxidation sites excluding steroid dienone is 1. The van der Waals surface area contributed by atoms with Gasteiger partial charge in [-0.3, -0.25) is 4.79 Å². The second-order valence-electron chi connectivity index (χ2n) is 5.51. The van der Waals surface area contributed by atoms with Crippen LogP contribution in [0.4, 0.5) is 13.6 Å². The Morgan fingerprint density at radius 3 is 2.19 bits per heavy atom. The number of rotatable bonds is 5. The van der Waals surface area contributed by atoms with Crippen LogP contribution in [0.1, 0.15) is 33.6 Å². The Balaban J connectivity index is 2.39. The fourth-order valence-electron chi connectivity index (χ4n) is 3.33. The molecule has 0 aromatic carbocycles. The zero-order valence-corrected chi connectivity index (χ0v) is 12.6. The Labute approximate surface area is 123 Å². The molecule has 2 aliphatic rings. The molecule has 4 nitrogen and oxygen atoms in total. The first-order chi connectivity index (χ1) is 9.84. The van der Waals surface area contributed by atoms with Crippen molar-refractivity contribution < 1.29 is 23.1 Å². The van der Waals surface area contributed by atoms with Crippen molar-refractivity contribution in [2.24, 2.45) is 11.8 Å². The van der Waals surface area contributed by atoms with E-state index in [4.69, 9.17) is 4.74 Å². The van der Waals surface area contributed by atoms with E-state index in [2.05, 4.69) is 0 Å². The summed E-state index contributed by atoms with van der Waals surface area (Å²) in [6, 6.07) is 0. The zero-order chi connectivity index (χ0) is 15.8. The minimum atomic E-state index is -3.34. The quantitative estimate of drug-likeness (QED) is 0.733. The number of hydrogen-bond acceptors (Lipinski definition) is 3. The summed E-state index contributed by atoms with van der Waals surface area (Å²) in [6.07, 6.45) is 2.24. The summed E-state index contributed by atoms with van der Waals surface area (Å²) in [5, 5.41) is 0. The number of halogens is 2. The summed E-state index contributed by atoms with van der Waals surface area (Å²) in [4.78, 5) is 25.7. The van der Waals surface area contributed by atoms with Gasteiger partial charge in [0.1, 0.15) is 0 Å². The van der Waals surface area contributed by atoms with Crippen LogP contribution < -0.4 is 0 Å². The molecule has 2 bridgehead atoms. The van der Waals surface area contributed by atoms with Crippen LogP contribution in [0.3, 0.4) is 0 Å². The van der Waals surface area contributed by atoms with Gasteiger partial charge in [-0.05, 0) is 20.3 Å². The van der Waals surface area contributed by atoms with Gasteiger partial charge in [-0.15, -0.1) is 0 Å². The lowest BCUT2D eigenvalue weighted by molar-refractivity contribution is -0.195. The van der Waals surface area contributed by atoms with Gasteiger partial charge in [-0.2, -0.15) is 0 Å². The fourth-order valence-corrected chi connectivity index (χ4v) is 3.33. The molecular formula is C15H21F2NO3. The highest BCUT2D eigenvalue weighted by atomic mass is 19.3. The average molecular weight is 301 g/mol. The van der Waals surface area contributed by atoms with Gasteiger partial charge >= 0.3 is 12.0 Å². The SMILES string of the molecule is CCC(=O)[C@]1(OC(=O)N(CC)CC)[C@H]2C=C[C@H](C2)C1(F)F. The predicted molar refractivity (Wildman–Crippen MR) is 73.1 cm³/mol. The van der Waals surface area contributed by atoms with Crippen molar-refractivity contribution in [2.75, 3.05) is 13.1 Å². The van der Waals surface area contributed by atoms with Crippen LogP contribution in [-0.4, -0.2) is 41.4 Å². The molecule has 0 radical (unpaired) electrons. The maximum Gasteiger partial charge on any atom is 0.410 e. The molecule has 0 aromatic rings. The van der Waals surface area contributed by atoms with Crippen molar-refractivity contribution in [3.05, 3.63) is 12.2 Å². The lowest BCUT2D eigenvalue weighted by Gasteiger charge is -2.40. The first-order valence-electron chi connectivity index (χ1n) is 7.42. The number of fused-ring (bicyclic) bond motifs is 2. The van der Waals surface area contributed by atoms with Crippen LogP contribution in [0.5, 0.6) is 0 Å². The maximum absolute atomic E-state index is 14.7. The van der Waals surface area contributed by atoms with E-state index in [1.807, 2.05) is 0 Å². The molecule has 118 valence electrons. The Hall–Kier alpha value is -1.46. The van der Waals surface area contributed by atoms with E-state index >= 15 is 0 Å². The Morgan fingerprint density at radius 2 is 1.76 bits per heavy atom. The molecule has 21 heavy (non-hydrogen) atoms. The summed E-state index contributed by atoms with van der Waals surface area (Å²) in [5.74, 6) is -5.81. The molecule has 1 amide bonds. The van der Waals surface area contributed by atoms with Gasteiger partial charge in [-0.25, -0.2) is 13.6 Å². The highest BCUT2D eigenvalue weighted by Crippen LogP contribution is 2.58. The molecule has 0 saturated heterocycles. The summed E-state index contributed by atoms with van der Waals surface area (Å²) < 4.78 is 34.5. The van der Waals surface area contributed by atoms with Crippen molar-refractivity contribution in [3.63, 3.8) is 0 Å². The minimum Gasteiger partial charge on any atom is -0.428 e. The molecule has 1 saturated carbocycles. The highest BCUT2D eigenvalue weighted by Gasteiger charge is 2.74. The normalized spacial score (nSPS) is 32.2. The number of carbonyl (C=O) groups excluding carboxylic acids is 2. The average Bonchev–Trinajstić information content (AvgIpc) is 3.01. The number of hydrogen-bond donors (Lipinski definition) is 0. The van der Waals surface area contributed by atoms with Gasteiger partial charge < -0.3 is 9.64 Å². The van der Waals surface area contributed by atoms with Gasteiger partial charge in [0, 0.05) is 31.3 Å². The van der Waals surface area contributed by atoms with E-state index in [9.17, 15) is 18.4 Å². The lowest BCUT2D eigenvalue weighted by Crippen LogP contribution is -2.60. The van der Waals surface area contributed by atoms with Crippen LogP contribution in [0.2, 0.25) is 0 Å². The summed E-state index contributed by atoms with van der Waals surface area (Å²) in [5.41, 5.74) is -2.33. The monoisotopic (exact) mass is 301 g/mol. The lowest BCUT2D eigenvalue weighted by atomic mass is 9.80. The number of amides is 1. The maximum atomic E-state index is 14.7. The largest absolute Gasteiger partial charge is 0.428 e. The number of nitrogens with zero attached hydrogens (tertiary/aromatic N) is 1. The van der Waals surface area contributed by atoms with Crippen molar-refractivity contribution in [1.82, 2.24) is 4.90 Å². The second kappa shape index (κ2) is 5.39. The minimum absolute atomic E-state index is 0.0851. The predicted octanol–water partition coefficient (Wildman–Crippen LogP) is 3.02. The third kappa shape index (κ3) is 2.07. The standard InChI is InChI=1S/C15H21F2NO3/c1-4-12(19)14(21-13(20)18(5-2)6-3)10-7-8-11(9-10)15(14,16)17/h7-8,10-11H,4-6,9H2,1-3H3/t10-,11+,14+/m0/s1. The van der Waals surface area contributed by atoms with Gasteiger partial charge in [0.05, 0.1) is 0 Å². The van der Waals surface area contributed by atoms with E-state index in [-0.39, 0.29) is 12.8 Å². The van der Waals surface area contributed by atoms with Crippen molar-refractivity contribution in [1.29, 1.82) is 0 Å². The van der Waals surface area contributed by atoms with E-state index in [1.54, 1.807) is 19.9 Å². The molecule has 0 aromatic heterocycles. The van der Waals surface area contributed by atoms with Gasteiger partial charge in [0.2, 0.25) is 5.60 Å². The number of ether oxygens (including phenoxy) is 1. The molecule has 0 aliphatic heterocycles. The van der Waals surface area contributed by atoms with Gasteiger partial charge in [0.25, 0.3) is 0 Å². The molecule has 2 aliphatic carbocycles. The third-order valence-electron chi connectivity index (χ3n) is 4.57. The van der Waals surface area contributed by atoms with Crippen LogP contribution in [0.15, 0.2) is 12.2 Å². The molecule has 6 heteroatoms. The molecule has 1 fully saturated rings. The van der Waals surface area contributed by atoms with Crippen LogP contribution in [0, 0.1) is 11.8 Å². The molecule has 0 N–H and O–H groups in total. The van der Waals surface area contributed by atoms with Crippen molar-refractivity contribution in [2.45, 2.75) is 45.1 Å².